The van der Waals surface area contributed by atoms with Gasteiger partial charge < -0.3 is 9.84 Å². The van der Waals surface area contributed by atoms with Crippen molar-refractivity contribution in [3.8, 4) is 11.3 Å². The average molecular weight is 415 g/mol. The first kappa shape index (κ1) is 18.4. The first-order valence-corrected chi connectivity index (χ1v) is 10.5. The Kier molecular flexibility index (Phi) is 4.68. The standard InChI is InChI=1S/C22H17N5O2S/c1-2-4-16-19-15(21(28)26-20-14-7-10-30-18(14)6-9-24-20)11-17(25-22(19)29-27-16)13-5-3-8-23-12-13/h3,5-12H,2,4H2,1H3,(H,24,26,28). The fourth-order valence-electron chi connectivity index (χ4n) is 3.43. The van der Waals surface area contributed by atoms with Gasteiger partial charge in [0.1, 0.15) is 5.82 Å². The van der Waals surface area contributed by atoms with Crippen LogP contribution in [0, 0.1) is 0 Å². The van der Waals surface area contributed by atoms with Crippen LogP contribution in [0.5, 0.6) is 0 Å². The van der Waals surface area contributed by atoms with E-state index in [9.17, 15) is 4.79 Å². The van der Waals surface area contributed by atoms with Crippen LogP contribution in [-0.4, -0.2) is 26.0 Å². The second kappa shape index (κ2) is 7.64. The van der Waals surface area contributed by atoms with E-state index >= 15 is 0 Å². The maximum atomic E-state index is 13.4. The molecule has 1 amide bonds. The number of rotatable bonds is 5. The molecule has 5 aromatic rings. The summed E-state index contributed by atoms with van der Waals surface area (Å²) >= 11 is 1.60. The number of aryl methyl sites for hydroxylation is 1. The zero-order chi connectivity index (χ0) is 20.5. The maximum Gasteiger partial charge on any atom is 0.259 e. The van der Waals surface area contributed by atoms with Gasteiger partial charge in [0.05, 0.1) is 22.3 Å². The summed E-state index contributed by atoms with van der Waals surface area (Å²) < 4.78 is 6.55. The summed E-state index contributed by atoms with van der Waals surface area (Å²) in [7, 11) is 0. The van der Waals surface area contributed by atoms with E-state index in [-0.39, 0.29) is 5.91 Å². The number of anilines is 1. The Morgan fingerprint density at radius 1 is 1.23 bits per heavy atom. The van der Waals surface area contributed by atoms with Gasteiger partial charge in [0, 0.05) is 34.2 Å². The first-order chi connectivity index (χ1) is 14.7. The van der Waals surface area contributed by atoms with Crippen molar-refractivity contribution in [3.63, 3.8) is 0 Å². The lowest BCUT2D eigenvalue weighted by Gasteiger charge is -2.09. The normalized spacial score (nSPS) is 11.2. The third-order valence-corrected chi connectivity index (χ3v) is 5.70. The van der Waals surface area contributed by atoms with Gasteiger partial charge in [0.15, 0.2) is 0 Å². The maximum absolute atomic E-state index is 13.4. The van der Waals surface area contributed by atoms with Gasteiger partial charge in [-0.1, -0.05) is 18.5 Å². The molecule has 0 fully saturated rings. The summed E-state index contributed by atoms with van der Waals surface area (Å²) in [6.07, 6.45) is 6.66. The molecule has 0 saturated carbocycles. The van der Waals surface area contributed by atoms with Gasteiger partial charge >= 0.3 is 0 Å². The number of aromatic nitrogens is 4. The van der Waals surface area contributed by atoms with Crippen LogP contribution in [-0.2, 0) is 6.42 Å². The average Bonchev–Trinajstić information content (AvgIpc) is 3.42. The van der Waals surface area contributed by atoms with E-state index in [1.165, 1.54) is 0 Å². The lowest BCUT2D eigenvalue weighted by molar-refractivity contribution is 0.102. The van der Waals surface area contributed by atoms with Gasteiger partial charge in [-0.25, -0.2) is 9.97 Å². The summed E-state index contributed by atoms with van der Waals surface area (Å²) in [6, 6.07) is 9.36. The summed E-state index contributed by atoms with van der Waals surface area (Å²) in [5.74, 6) is 0.249. The highest BCUT2D eigenvalue weighted by molar-refractivity contribution is 7.17. The Morgan fingerprint density at radius 2 is 2.17 bits per heavy atom. The quantitative estimate of drug-likeness (QED) is 0.429. The minimum Gasteiger partial charge on any atom is -0.335 e. The van der Waals surface area contributed by atoms with Crippen molar-refractivity contribution in [1.29, 1.82) is 0 Å². The lowest BCUT2D eigenvalue weighted by atomic mass is 10.0. The van der Waals surface area contributed by atoms with Gasteiger partial charge in [-0.3, -0.25) is 9.78 Å². The number of nitrogens with zero attached hydrogens (tertiary/aromatic N) is 4. The van der Waals surface area contributed by atoms with Crippen molar-refractivity contribution in [1.82, 2.24) is 20.1 Å². The van der Waals surface area contributed by atoms with Crippen molar-refractivity contribution >= 4 is 44.2 Å². The third kappa shape index (κ3) is 3.21. The lowest BCUT2D eigenvalue weighted by Crippen LogP contribution is -2.14. The molecule has 5 heterocycles. The third-order valence-electron chi connectivity index (χ3n) is 4.82. The molecule has 1 N–H and O–H groups in total. The van der Waals surface area contributed by atoms with Crippen molar-refractivity contribution < 1.29 is 9.32 Å². The molecular weight excluding hydrogens is 398 g/mol. The first-order valence-electron chi connectivity index (χ1n) is 9.58. The monoisotopic (exact) mass is 415 g/mol. The van der Waals surface area contributed by atoms with Crippen LogP contribution in [0.25, 0.3) is 32.4 Å². The van der Waals surface area contributed by atoms with E-state index < -0.39 is 0 Å². The topological polar surface area (TPSA) is 93.8 Å². The van der Waals surface area contributed by atoms with Crippen molar-refractivity contribution in [2.75, 3.05) is 5.32 Å². The van der Waals surface area contributed by atoms with E-state index in [1.807, 2.05) is 29.6 Å². The Balaban J connectivity index is 1.64. The molecule has 0 bridgehead atoms. The fourth-order valence-corrected chi connectivity index (χ4v) is 4.21. The molecule has 5 aromatic heterocycles. The molecule has 148 valence electrons. The molecule has 0 aliphatic heterocycles. The molecule has 0 aromatic carbocycles. The van der Waals surface area contributed by atoms with E-state index in [0.29, 0.717) is 34.6 Å². The molecule has 0 atom stereocenters. The van der Waals surface area contributed by atoms with Crippen LogP contribution in [0.2, 0.25) is 0 Å². The number of carbonyl (C=O) groups is 1. The zero-order valence-corrected chi connectivity index (χ0v) is 16.9. The summed E-state index contributed by atoms with van der Waals surface area (Å²) in [4.78, 5) is 26.5. The number of fused-ring (bicyclic) bond motifs is 2. The van der Waals surface area contributed by atoms with Gasteiger partial charge in [-0.2, -0.15) is 0 Å². The second-order valence-corrected chi connectivity index (χ2v) is 7.75. The predicted octanol–water partition coefficient (Wildman–Crippen LogP) is 5.10. The molecule has 0 spiro atoms. The Bertz CT molecular complexity index is 1360. The smallest absolute Gasteiger partial charge is 0.259 e. The predicted molar refractivity (Wildman–Crippen MR) is 117 cm³/mol. The number of amides is 1. The van der Waals surface area contributed by atoms with Crippen molar-refractivity contribution in [2.24, 2.45) is 0 Å². The summed E-state index contributed by atoms with van der Waals surface area (Å²) in [5.41, 5.74) is 2.91. The largest absolute Gasteiger partial charge is 0.335 e. The van der Waals surface area contributed by atoms with Gasteiger partial charge in [-0.15, -0.1) is 11.3 Å². The Labute approximate surface area is 175 Å². The van der Waals surface area contributed by atoms with Crippen LogP contribution in [0.3, 0.4) is 0 Å². The highest BCUT2D eigenvalue weighted by Gasteiger charge is 2.21. The minimum absolute atomic E-state index is 0.278. The van der Waals surface area contributed by atoms with E-state index in [1.54, 1.807) is 36.0 Å². The van der Waals surface area contributed by atoms with E-state index in [0.717, 1.165) is 27.8 Å². The molecule has 7 nitrogen and oxygen atoms in total. The molecular formula is C22H17N5O2S. The molecule has 0 aliphatic carbocycles. The highest BCUT2D eigenvalue weighted by atomic mass is 32.1. The van der Waals surface area contributed by atoms with Gasteiger partial charge in [0.2, 0.25) is 0 Å². The minimum atomic E-state index is -0.278. The number of hydrogen-bond acceptors (Lipinski definition) is 7. The number of nitrogens with one attached hydrogen (secondary N) is 1. The molecule has 0 aliphatic rings. The molecule has 0 unspecified atom stereocenters. The molecule has 0 saturated heterocycles. The summed E-state index contributed by atoms with van der Waals surface area (Å²) in [6.45, 7) is 2.05. The highest BCUT2D eigenvalue weighted by Crippen LogP contribution is 2.30. The van der Waals surface area contributed by atoms with Crippen LogP contribution in [0.15, 0.2) is 58.8 Å². The molecule has 30 heavy (non-hydrogen) atoms. The number of thiophene rings is 1. The second-order valence-electron chi connectivity index (χ2n) is 6.80. The van der Waals surface area contributed by atoms with Crippen LogP contribution < -0.4 is 5.32 Å². The number of pyridine rings is 3. The fraction of sp³-hybridized carbons (Fsp3) is 0.136. The van der Waals surface area contributed by atoms with E-state index in [4.69, 9.17) is 4.52 Å². The van der Waals surface area contributed by atoms with E-state index in [2.05, 4.69) is 32.3 Å². The van der Waals surface area contributed by atoms with Gasteiger partial charge in [-0.05, 0) is 42.1 Å². The number of hydrogen-bond donors (Lipinski definition) is 1. The number of carbonyl (C=O) groups excluding carboxylic acids is 1. The van der Waals surface area contributed by atoms with Crippen molar-refractivity contribution in [3.05, 3.63) is 65.6 Å². The SMILES string of the molecule is CCCc1noc2nc(-c3cccnc3)cc(C(=O)Nc3nccc4sccc34)c12. The summed E-state index contributed by atoms with van der Waals surface area (Å²) in [5, 5.41) is 10.7. The van der Waals surface area contributed by atoms with Crippen LogP contribution in [0.1, 0.15) is 29.4 Å². The van der Waals surface area contributed by atoms with Gasteiger partial charge in [0.25, 0.3) is 11.6 Å². The molecule has 8 heteroatoms. The Morgan fingerprint density at radius 3 is 3.00 bits per heavy atom. The Hall–Kier alpha value is -3.65. The van der Waals surface area contributed by atoms with Crippen molar-refractivity contribution in [2.45, 2.75) is 19.8 Å². The molecule has 5 rings (SSSR count). The van der Waals surface area contributed by atoms with Crippen LogP contribution in [0.4, 0.5) is 5.82 Å². The zero-order valence-electron chi connectivity index (χ0n) is 16.1. The molecule has 0 radical (unpaired) electrons. The van der Waals surface area contributed by atoms with Crippen LogP contribution >= 0.6 is 11.3 Å².